The molecule has 7 nitrogen and oxygen atoms in total. The van der Waals surface area contributed by atoms with Gasteiger partial charge in [-0.3, -0.25) is 14.4 Å². The second-order valence-electron chi connectivity index (χ2n) is 4.79. The molecule has 2 amide bonds. The predicted molar refractivity (Wildman–Crippen MR) is 76.8 cm³/mol. The summed E-state index contributed by atoms with van der Waals surface area (Å²) >= 11 is 0. The highest BCUT2D eigenvalue weighted by molar-refractivity contribution is 5.96. The zero-order chi connectivity index (χ0) is 15.8. The first kappa shape index (κ1) is 16.6. The molecule has 0 fully saturated rings. The van der Waals surface area contributed by atoms with Gasteiger partial charge in [0.05, 0.1) is 6.54 Å². The molecule has 0 atom stereocenters. The zero-order valence-corrected chi connectivity index (χ0v) is 12.0. The molecule has 114 valence electrons. The number of amides is 2. The van der Waals surface area contributed by atoms with Crippen molar-refractivity contribution in [3.8, 4) is 0 Å². The maximum absolute atomic E-state index is 11.8. The topological polar surface area (TPSA) is 98.7 Å². The van der Waals surface area contributed by atoms with Gasteiger partial charge in [0.2, 0.25) is 5.91 Å². The molecule has 0 spiro atoms. The lowest BCUT2D eigenvalue weighted by molar-refractivity contribution is -0.137. The molecular weight excluding hydrogens is 274 g/mol. The van der Waals surface area contributed by atoms with Crippen molar-refractivity contribution in [2.75, 3.05) is 27.2 Å². The Morgan fingerprint density at radius 3 is 2.19 bits per heavy atom. The van der Waals surface area contributed by atoms with Crippen LogP contribution in [0.5, 0.6) is 0 Å². The minimum atomic E-state index is -1.13. The lowest BCUT2D eigenvalue weighted by atomic mass is 10.1. The van der Waals surface area contributed by atoms with Gasteiger partial charge in [0.25, 0.3) is 5.91 Å². The van der Waals surface area contributed by atoms with E-state index in [1.165, 1.54) is 0 Å². The number of nitrogens with zero attached hydrogens (tertiary/aromatic N) is 1. The summed E-state index contributed by atoms with van der Waals surface area (Å²) in [4.78, 5) is 35.3. The Kier molecular flexibility index (Phi) is 6.35. The third kappa shape index (κ3) is 6.53. The Hall–Kier alpha value is -2.41. The highest BCUT2D eigenvalue weighted by Crippen LogP contribution is 2.06. The molecule has 1 aromatic rings. The van der Waals surface area contributed by atoms with Crippen molar-refractivity contribution in [2.24, 2.45) is 0 Å². The molecule has 0 aliphatic rings. The van der Waals surface area contributed by atoms with E-state index in [1.807, 2.05) is 31.1 Å². The first-order valence-corrected chi connectivity index (χ1v) is 6.39. The van der Waals surface area contributed by atoms with Crippen LogP contribution in [0.25, 0.3) is 0 Å². The smallest absolute Gasteiger partial charge is 0.322 e. The van der Waals surface area contributed by atoms with Crippen LogP contribution in [0.2, 0.25) is 0 Å². The van der Waals surface area contributed by atoms with Gasteiger partial charge in [0.15, 0.2) is 0 Å². The van der Waals surface area contributed by atoms with E-state index in [1.54, 1.807) is 12.1 Å². The Labute approximate surface area is 122 Å². The summed E-state index contributed by atoms with van der Waals surface area (Å²) in [7, 11) is 3.91. The van der Waals surface area contributed by atoms with Crippen LogP contribution in [-0.2, 0) is 16.1 Å². The van der Waals surface area contributed by atoms with Crippen LogP contribution in [0, 0.1) is 0 Å². The van der Waals surface area contributed by atoms with E-state index >= 15 is 0 Å². The van der Waals surface area contributed by atoms with E-state index in [-0.39, 0.29) is 12.5 Å². The molecule has 7 heteroatoms. The van der Waals surface area contributed by atoms with Gasteiger partial charge in [-0.15, -0.1) is 0 Å². The van der Waals surface area contributed by atoms with Gasteiger partial charge in [-0.2, -0.15) is 0 Å². The molecule has 3 N–H and O–H groups in total. The summed E-state index contributed by atoms with van der Waals surface area (Å²) in [6.45, 7) is 0.0546. The average molecular weight is 293 g/mol. The van der Waals surface area contributed by atoms with Crippen molar-refractivity contribution in [2.45, 2.75) is 6.54 Å². The monoisotopic (exact) mass is 293 g/mol. The maximum Gasteiger partial charge on any atom is 0.322 e. The Morgan fingerprint density at radius 2 is 1.67 bits per heavy atom. The third-order valence-corrected chi connectivity index (χ3v) is 2.56. The van der Waals surface area contributed by atoms with Gasteiger partial charge in [-0.25, -0.2) is 0 Å². The number of carbonyl (C=O) groups excluding carboxylic acids is 2. The molecule has 0 bridgehead atoms. The standard InChI is InChI=1S/C14H19N3O4/c1-17(2)9-10-3-5-11(6-4-10)14(21)16-7-12(18)15-8-13(19)20/h3-6H,7-9H2,1-2H3,(H,15,18)(H,16,21)(H,19,20). The number of nitrogens with one attached hydrogen (secondary N) is 2. The second kappa shape index (κ2) is 8.01. The summed E-state index contributed by atoms with van der Waals surface area (Å²) in [6, 6.07) is 7.06. The SMILES string of the molecule is CN(C)Cc1ccc(C(=O)NCC(=O)NCC(=O)O)cc1. The fraction of sp³-hybridized carbons (Fsp3) is 0.357. The molecule has 21 heavy (non-hydrogen) atoms. The first-order valence-electron chi connectivity index (χ1n) is 6.39. The molecule has 0 aliphatic heterocycles. The molecule has 0 saturated heterocycles. The maximum atomic E-state index is 11.8. The van der Waals surface area contributed by atoms with Gasteiger partial charge in [-0.1, -0.05) is 12.1 Å². The minimum absolute atomic E-state index is 0.258. The van der Waals surface area contributed by atoms with Crippen LogP contribution in [0.4, 0.5) is 0 Å². The normalized spacial score (nSPS) is 10.2. The molecule has 0 radical (unpaired) electrons. The highest BCUT2D eigenvalue weighted by Gasteiger charge is 2.08. The molecule has 0 heterocycles. The van der Waals surface area contributed by atoms with E-state index in [0.717, 1.165) is 12.1 Å². The van der Waals surface area contributed by atoms with Crippen LogP contribution in [0.1, 0.15) is 15.9 Å². The third-order valence-electron chi connectivity index (χ3n) is 2.56. The summed E-state index contributed by atoms with van der Waals surface area (Å²) in [6.07, 6.45) is 0. The molecule has 0 aromatic heterocycles. The van der Waals surface area contributed by atoms with Crippen LogP contribution in [0.3, 0.4) is 0 Å². The lowest BCUT2D eigenvalue weighted by Gasteiger charge is -2.10. The zero-order valence-electron chi connectivity index (χ0n) is 12.0. The average Bonchev–Trinajstić information content (AvgIpc) is 2.42. The Morgan fingerprint density at radius 1 is 1.05 bits per heavy atom. The Bertz CT molecular complexity index is 511. The number of aliphatic carboxylic acids is 1. The van der Waals surface area contributed by atoms with Crippen LogP contribution in [-0.4, -0.2) is 55.0 Å². The second-order valence-corrected chi connectivity index (χ2v) is 4.79. The number of rotatable bonds is 7. The van der Waals surface area contributed by atoms with Crippen molar-refractivity contribution < 1.29 is 19.5 Å². The minimum Gasteiger partial charge on any atom is -0.480 e. The molecule has 1 aromatic carbocycles. The lowest BCUT2D eigenvalue weighted by Crippen LogP contribution is -2.39. The quantitative estimate of drug-likeness (QED) is 0.640. The predicted octanol–water partition coefficient (Wildman–Crippen LogP) is -0.321. The fourth-order valence-electron chi connectivity index (χ4n) is 1.63. The van der Waals surface area contributed by atoms with E-state index < -0.39 is 18.4 Å². The van der Waals surface area contributed by atoms with Crippen molar-refractivity contribution in [3.63, 3.8) is 0 Å². The van der Waals surface area contributed by atoms with Crippen molar-refractivity contribution in [1.82, 2.24) is 15.5 Å². The summed E-state index contributed by atoms with van der Waals surface area (Å²) in [5.41, 5.74) is 1.53. The molecular formula is C14H19N3O4. The number of carboxylic acid groups (broad SMARTS) is 1. The summed E-state index contributed by atoms with van der Waals surface area (Å²) in [5.74, 6) is -2.06. The van der Waals surface area contributed by atoms with Gasteiger partial charge in [-0.05, 0) is 31.8 Å². The van der Waals surface area contributed by atoms with Gasteiger partial charge < -0.3 is 20.6 Å². The summed E-state index contributed by atoms with van der Waals surface area (Å²) in [5, 5.41) is 13.0. The first-order chi connectivity index (χ1) is 9.88. The van der Waals surface area contributed by atoms with E-state index in [9.17, 15) is 14.4 Å². The fourth-order valence-corrected chi connectivity index (χ4v) is 1.63. The highest BCUT2D eigenvalue weighted by atomic mass is 16.4. The largest absolute Gasteiger partial charge is 0.480 e. The Balaban J connectivity index is 2.45. The van der Waals surface area contributed by atoms with Gasteiger partial charge in [0.1, 0.15) is 6.54 Å². The van der Waals surface area contributed by atoms with Crippen LogP contribution >= 0.6 is 0 Å². The number of benzene rings is 1. The van der Waals surface area contributed by atoms with Gasteiger partial charge in [0, 0.05) is 12.1 Å². The number of carbonyl (C=O) groups is 3. The molecule has 0 unspecified atom stereocenters. The van der Waals surface area contributed by atoms with E-state index in [0.29, 0.717) is 5.56 Å². The van der Waals surface area contributed by atoms with Gasteiger partial charge >= 0.3 is 5.97 Å². The summed E-state index contributed by atoms with van der Waals surface area (Å²) < 4.78 is 0. The van der Waals surface area contributed by atoms with Crippen molar-refractivity contribution in [1.29, 1.82) is 0 Å². The number of carboxylic acids is 1. The molecule has 0 saturated carbocycles. The molecule has 0 aliphatic carbocycles. The van der Waals surface area contributed by atoms with Crippen molar-refractivity contribution >= 4 is 17.8 Å². The molecule has 1 rings (SSSR count). The number of hydrogen-bond donors (Lipinski definition) is 3. The van der Waals surface area contributed by atoms with Crippen LogP contribution in [0.15, 0.2) is 24.3 Å². The van der Waals surface area contributed by atoms with Crippen molar-refractivity contribution in [3.05, 3.63) is 35.4 Å². The van der Waals surface area contributed by atoms with E-state index in [4.69, 9.17) is 5.11 Å². The number of hydrogen-bond acceptors (Lipinski definition) is 4. The van der Waals surface area contributed by atoms with E-state index in [2.05, 4.69) is 10.6 Å². The van der Waals surface area contributed by atoms with Crippen LogP contribution < -0.4 is 10.6 Å².